The Bertz CT molecular complexity index is 464. The standard InChI is InChI=1S/C14H21N3O/c1-9-4-10(6-15-5-9)13-7-16-14-12(13)3-2-11(8-18)17-14/h4,7,9,11,15-18H,2-3,5-6,8H2,1H3/t9-,11?/m1/s1. The van der Waals surface area contributed by atoms with Gasteiger partial charge in [-0.2, -0.15) is 0 Å². The molecular weight excluding hydrogens is 226 g/mol. The van der Waals surface area contributed by atoms with Crippen LogP contribution in [0.15, 0.2) is 12.3 Å². The summed E-state index contributed by atoms with van der Waals surface area (Å²) in [6.07, 6.45) is 6.52. The minimum absolute atomic E-state index is 0.196. The molecule has 4 nitrogen and oxygen atoms in total. The molecule has 4 N–H and O–H groups in total. The molecule has 1 unspecified atom stereocenters. The summed E-state index contributed by atoms with van der Waals surface area (Å²) in [4.78, 5) is 3.31. The van der Waals surface area contributed by atoms with Gasteiger partial charge in [-0.1, -0.05) is 13.0 Å². The van der Waals surface area contributed by atoms with E-state index in [9.17, 15) is 5.11 Å². The summed E-state index contributed by atoms with van der Waals surface area (Å²) >= 11 is 0. The third-order valence-electron chi connectivity index (χ3n) is 3.91. The van der Waals surface area contributed by atoms with Crippen LogP contribution in [0.2, 0.25) is 0 Å². The molecule has 98 valence electrons. The number of hydrogen-bond acceptors (Lipinski definition) is 3. The van der Waals surface area contributed by atoms with Gasteiger partial charge in [-0.25, -0.2) is 0 Å². The van der Waals surface area contributed by atoms with E-state index in [2.05, 4.69) is 34.8 Å². The van der Waals surface area contributed by atoms with Crippen molar-refractivity contribution in [3.63, 3.8) is 0 Å². The Morgan fingerprint density at radius 1 is 1.44 bits per heavy atom. The summed E-state index contributed by atoms with van der Waals surface area (Å²) in [5, 5.41) is 16.0. The van der Waals surface area contributed by atoms with Crippen LogP contribution in [0, 0.1) is 5.92 Å². The molecule has 1 aromatic heterocycles. The summed E-state index contributed by atoms with van der Waals surface area (Å²) in [6.45, 7) is 4.47. The molecule has 0 aromatic carbocycles. The van der Waals surface area contributed by atoms with Crippen molar-refractivity contribution in [1.29, 1.82) is 0 Å². The fourth-order valence-corrected chi connectivity index (χ4v) is 2.94. The summed E-state index contributed by atoms with van der Waals surface area (Å²) in [7, 11) is 0. The lowest BCUT2D eigenvalue weighted by atomic mass is 9.92. The highest BCUT2D eigenvalue weighted by atomic mass is 16.3. The Morgan fingerprint density at radius 3 is 3.11 bits per heavy atom. The molecule has 0 spiro atoms. The van der Waals surface area contributed by atoms with Gasteiger partial charge in [0.25, 0.3) is 0 Å². The van der Waals surface area contributed by atoms with Crippen molar-refractivity contribution < 1.29 is 5.11 Å². The highest BCUT2D eigenvalue weighted by Crippen LogP contribution is 2.32. The van der Waals surface area contributed by atoms with Crippen molar-refractivity contribution in [3.8, 4) is 0 Å². The van der Waals surface area contributed by atoms with Crippen LogP contribution in [-0.2, 0) is 6.42 Å². The topological polar surface area (TPSA) is 60.1 Å². The van der Waals surface area contributed by atoms with Gasteiger partial charge >= 0.3 is 0 Å². The molecule has 3 rings (SSSR count). The lowest BCUT2D eigenvalue weighted by Gasteiger charge is -2.25. The third-order valence-corrected chi connectivity index (χ3v) is 3.91. The van der Waals surface area contributed by atoms with Crippen LogP contribution in [0.4, 0.5) is 5.82 Å². The minimum Gasteiger partial charge on any atom is -0.394 e. The highest BCUT2D eigenvalue weighted by Gasteiger charge is 2.23. The maximum atomic E-state index is 9.21. The van der Waals surface area contributed by atoms with Gasteiger partial charge in [0.05, 0.1) is 12.6 Å². The lowest BCUT2D eigenvalue weighted by Crippen LogP contribution is -2.29. The van der Waals surface area contributed by atoms with Gasteiger partial charge in [0.15, 0.2) is 0 Å². The number of hydrogen-bond donors (Lipinski definition) is 4. The normalized spacial score (nSPS) is 27.3. The number of aliphatic hydroxyl groups excluding tert-OH is 1. The summed E-state index contributed by atoms with van der Waals surface area (Å²) in [6, 6.07) is 0.196. The van der Waals surface area contributed by atoms with E-state index in [1.54, 1.807) is 0 Å². The molecule has 18 heavy (non-hydrogen) atoms. The molecule has 2 aliphatic rings. The molecule has 0 bridgehead atoms. The predicted octanol–water partition coefficient (Wildman–Crippen LogP) is 1.36. The number of aromatic nitrogens is 1. The first kappa shape index (κ1) is 11.8. The number of rotatable bonds is 2. The van der Waals surface area contributed by atoms with E-state index in [0.717, 1.165) is 31.7 Å². The van der Waals surface area contributed by atoms with E-state index < -0.39 is 0 Å². The van der Waals surface area contributed by atoms with Gasteiger partial charge in [0.1, 0.15) is 5.82 Å². The van der Waals surface area contributed by atoms with Crippen molar-refractivity contribution in [2.24, 2.45) is 5.92 Å². The van der Waals surface area contributed by atoms with Crippen LogP contribution in [0.5, 0.6) is 0 Å². The number of nitrogens with one attached hydrogen (secondary N) is 3. The molecule has 3 heterocycles. The predicted molar refractivity (Wildman–Crippen MR) is 73.6 cm³/mol. The van der Waals surface area contributed by atoms with Gasteiger partial charge in [-0.05, 0) is 24.3 Å². The van der Waals surface area contributed by atoms with Gasteiger partial charge in [0.2, 0.25) is 0 Å². The molecule has 1 aromatic rings. The molecule has 0 radical (unpaired) electrons. The van der Waals surface area contributed by atoms with E-state index in [1.807, 2.05) is 0 Å². The summed E-state index contributed by atoms with van der Waals surface area (Å²) in [5.74, 6) is 1.69. The van der Waals surface area contributed by atoms with E-state index >= 15 is 0 Å². The molecule has 2 aliphatic heterocycles. The molecule has 0 aliphatic carbocycles. The maximum absolute atomic E-state index is 9.21. The first-order valence-electron chi connectivity index (χ1n) is 6.77. The van der Waals surface area contributed by atoms with Crippen molar-refractivity contribution in [1.82, 2.24) is 10.3 Å². The zero-order valence-electron chi connectivity index (χ0n) is 10.8. The first-order chi connectivity index (χ1) is 8.78. The van der Waals surface area contributed by atoms with Crippen LogP contribution in [0.25, 0.3) is 5.57 Å². The second kappa shape index (κ2) is 4.78. The largest absolute Gasteiger partial charge is 0.394 e. The maximum Gasteiger partial charge on any atom is 0.107 e. The van der Waals surface area contributed by atoms with Crippen LogP contribution in [0.1, 0.15) is 24.5 Å². The second-order valence-electron chi connectivity index (χ2n) is 5.42. The lowest BCUT2D eigenvalue weighted by molar-refractivity contribution is 0.267. The molecule has 0 fully saturated rings. The van der Waals surface area contributed by atoms with Crippen LogP contribution < -0.4 is 10.6 Å². The molecule has 0 amide bonds. The Morgan fingerprint density at radius 2 is 2.33 bits per heavy atom. The van der Waals surface area contributed by atoms with Crippen LogP contribution in [0.3, 0.4) is 0 Å². The van der Waals surface area contributed by atoms with Gasteiger partial charge in [0, 0.05) is 30.4 Å². The van der Waals surface area contributed by atoms with Gasteiger partial charge in [-0.3, -0.25) is 0 Å². The Labute approximate surface area is 107 Å². The quantitative estimate of drug-likeness (QED) is 0.638. The monoisotopic (exact) mass is 247 g/mol. The fraction of sp³-hybridized carbons (Fsp3) is 0.571. The third kappa shape index (κ3) is 2.06. The number of H-pyrrole nitrogens is 1. The number of aliphatic hydroxyl groups is 1. The van der Waals surface area contributed by atoms with E-state index in [-0.39, 0.29) is 12.6 Å². The zero-order chi connectivity index (χ0) is 12.5. The van der Waals surface area contributed by atoms with E-state index in [4.69, 9.17) is 0 Å². The first-order valence-corrected chi connectivity index (χ1v) is 6.77. The van der Waals surface area contributed by atoms with Crippen molar-refractivity contribution >= 4 is 11.4 Å². The number of anilines is 1. The highest BCUT2D eigenvalue weighted by molar-refractivity contribution is 5.74. The average Bonchev–Trinajstić information content (AvgIpc) is 2.81. The Kier molecular flexibility index (Phi) is 3.14. The fourth-order valence-electron chi connectivity index (χ4n) is 2.94. The van der Waals surface area contributed by atoms with Crippen LogP contribution in [-0.4, -0.2) is 35.8 Å². The second-order valence-corrected chi connectivity index (χ2v) is 5.42. The molecule has 4 heteroatoms. The Hall–Kier alpha value is -1.26. The van der Waals surface area contributed by atoms with Crippen molar-refractivity contribution in [2.75, 3.05) is 25.0 Å². The van der Waals surface area contributed by atoms with Crippen LogP contribution >= 0.6 is 0 Å². The molecule has 0 saturated heterocycles. The van der Waals surface area contributed by atoms with Crippen molar-refractivity contribution in [3.05, 3.63) is 23.4 Å². The minimum atomic E-state index is 0.196. The number of aromatic amines is 1. The number of fused-ring (bicyclic) bond motifs is 1. The van der Waals surface area contributed by atoms with Crippen molar-refractivity contribution in [2.45, 2.75) is 25.8 Å². The van der Waals surface area contributed by atoms with Gasteiger partial charge in [-0.15, -0.1) is 0 Å². The molecule has 0 saturated carbocycles. The summed E-state index contributed by atoms with van der Waals surface area (Å²) < 4.78 is 0. The summed E-state index contributed by atoms with van der Waals surface area (Å²) in [5.41, 5.74) is 4.12. The smallest absolute Gasteiger partial charge is 0.107 e. The van der Waals surface area contributed by atoms with E-state index in [0.29, 0.717) is 5.92 Å². The average molecular weight is 247 g/mol. The SMILES string of the molecule is C[C@@H]1C=C(c2c[nH]c3c2CCC(CO)N3)CNC1. The zero-order valence-corrected chi connectivity index (χ0v) is 10.8. The Balaban J connectivity index is 1.89. The van der Waals surface area contributed by atoms with Gasteiger partial charge < -0.3 is 20.7 Å². The molecular formula is C14H21N3O. The molecule has 2 atom stereocenters. The van der Waals surface area contributed by atoms with E-state index in [1.165, 1.54) is 16.7 Å².